The zero-order valence-electron chi connectivity index (χ0n) is 14.9. The van der Waals surface area contributed by atoms with Crippen molar-refractivity contribution in [2.75, 3.05) is 0 Å². The molecule has 2 aliphatic rings. The molecule has 4 heterocycles. The van der Waals surface area contributed by atoms with Gasteiger partial charge >= 0.3 is 0 Å². The summed E-state index contributed by atoms with van der Waals surface area (Å²) in [6.45, 7) is 0. The van der Waals surface area contributed by atoms with Crippen molar-refractivity contribution < 1.29 is 0 Å². The molecule has 0 fully saturated rings. The van der Waals surface area contributed by atoms with Crippen molar-refractivity contribution in [1.82, 2.24) is 17.5 Å². The summed E-state index contributed by atoms with van der Waals surface area (Å²) in [5.74, 6) is 0. The number of aromatic nitrogens is 4. The standard InChI is InChI=1S/C20H8N4S6/c1-2-6-10-9(5-1)25-19(26-10)13-15-17(23-29-21-15)14(18-16(13)22-30-24-18)20-27-11-7-3-4-8-12(11)28-20/h1-8H. The highest BCUT2D eigenvalue weighted by molar-refractivity contribution is 8.32. The highest BCUT2D eigenvalue weighted by Gasteiger charge is 2.25. The second-order valence-electron chi connectivity index (χ2n) is 6.55. The number of fused-ring (bicyclic) bond motifs is 4. The molecule has 0 unspecified atom stereocenters. The van der Waals surface area contributed by atoms with Crippen molar-refractivity contribution >= 4 is 101 Å². The van der Waals surface area contributed by atoms with E-state index in [0.717, 1.165) is 32.5 Å². The van der Waals surface area contributed by atoms with E-state index in [9.17, 15) is 0 Å². The van der Waals surface area contributed by atoms with Gasteiger partial charge in [-0.1, -0.05) is 71.3 Å². The van der Waals surface area contributed by atoms with Gasteiger partial charge in [-0.15, -0.1) is 0 Å². The van der Waals surface area contributed by atoms with Crippen molar-refractivity contribution in [2.24, 2.45) is 0 Å². The fourth-order valence-electron chi connectivity index (χ4n) is 3.53. The minimum atomic E-state index is 0.933. The van der Waals surface area contributed by atoms with Crippen LogP contribution in [0.15, 0.2) is 68.1 Å². The van der Waals surface area contributed by atoms with Crippen molar-refractivity contribution in [2.45, 2.75) is 19.6 Å². The molecule has 4 nitrogen and oxygen atoms in total. The van der Waals surface area contributed by atoms with E-state index in [4.69, 9.17) is 17.5 Å². The van der Waals surface area contributed by atoms with E-state index < -0.39 is 0 Å². The molecule has 10 heteroatoms. The van der Waals surface area contributed by atoms with Crippen LogP contribution in [0.1, 0.15) is 0 Å². The molecular weight excluding hydrogens is 489 g/mol. The van der Waals surface area contributed by atoms with Crippen molar-refractivity contribution in [1.29, 1.82) is 0 Å². The fraction of sp³-hybridized carbons (Fsp3) is 0. The number of nitrogens with zero attached hydrogens (tertiary/aromatic N) is 4. The fourth-order valence-corrected chi connectivity index (χ4v) is 9.80. The van der Waals surface area contributed by atoms with Crippen LogP contribution in [0.3, 0.4) is 0 Å². The molecule has 0 saturated carbocycles. The highest BCUT2D eigenvalue weighted by atomic mass is 32.2. The monoisotopic (exact) mass is 496 g/mol. The molecule has 3 aromatic carbocycles. The molecule has 0 bridgehead atoms. The number of benzene rings is 3. The minimum absolute atomic E-state index is 0.933. The molecule has 0 aliphatic carbocycles. The summed E-state index contributed by atoms with van der Waals surface area (Å²) < 4.78 is 21.3. The van der Waals surface area contributed by atoms with Crippen LogP contribution in [0.2, 0.25) is 0 Å². The second-order valence-corrected chi connectivity index (χ2v) is 12.3. The largest absolute Gasteiger partial charge is 0.172 e. The van der Waals surface area contributed by atoms with Crippen LogP contribution in [0, 0.1) is 0 Å². The number of hydrogen-bond donors (Lipinski definition) is 0. The minimum Gasteiger partial charge on any atom is -0.172 e. The maximum absolute atomic E-state index is 4.73. The molecule has 0 amide bonds. The van der Waals surface area contributed by atoms with E-state index in [0.29, 0.717) is 0 Å². The number of hydrogen-bond acceptors (Lipinski definition) is 10. The Bertz CT molecular complexity index is 1390. The molecule has 0 atom stereocenters. The Morgan fingerprint density at radius 3 is 1.03 bits per heavy atom. The second kappa shape index (κ2) is 6.98. The first-order valence-corrected chi connectivity index (χ1v) is 13.6. The molecule has 0 spiro atoms. The lowest BCUT2D eigenvalue weighted by atomic mass is 10.2. The lowest BCUT2D eigenvalue weighted by Gasteiger charge is -2.01. The predicted molar refractivity (Wildman–Crippen MR) is 131 cm³/mol. The Kier molecular flexibility index (Phi) is 4.20. The van der Waals surface area contributed by atoms with Gasteiger partial charge in [0.2, 0.25) is 0 Å². The third kappa shape index (κ3) is 2.64. The van der Waals surface area contributed by atoms with Crippen molar-refractivity contribution in [3.8, 4) is 0 Å². The van der Waals surface area contributed by atoms with Gasteiger partial charge in [-0.2, -0.15) is 17.5 Å². The first-order valence-electron chi connectivity index (χ1n) is 8.91. The van der Waals surface area contributed by atoms with Crippen LogP contribution in [0.5, 0.6) is 0 Å². The summed E-state index contributed by atoms with van der Waals surface area (Å²) in [6, 6.07) is 17.0. The van der Waals surface area contributed by atoms with Gasteiger partial charge in [0.05, 0.1) is 42.4 Å². The smallest absolute Gasteiger partial charge is 0.116 e. The zero-order valence-corrected chi connectivity index (χ0v) is 19.8. The summed E-state index contributed by atoms with van der Waals surface area (Å²) in [6.07, 6.45) is 0. The molecule has 0 N–H and O–H groups in total. The van der Waals surface area contributed by atoms with E-state index in [1.165, 1.54) is 51.5 Å². The molecule has 5 aromatic rings. The van der Waals surface area contributed by atoms with E-state index in [1.54, 1.807) is 47.0 Å². The molecule has 7 rings (SSSR count). The third-order valence-electron chi connectivity index (χ3n) is 4.84. The predicted octanol–water partition coefficient (Wildman–Crippen LogP) is 5.62. The molecule has 2 aromatic heterocycles. The van der Waals surface area contributed by atoms with Gasteiger partial charge in [0.15, 0.2) is 0 Å². The van der Waals surface area contributed by atoms with Gasteiger partial charge in [0, 0.05) is 19.6 Å². The first kappa shape index (κ1) is 18.1. The quantitative estimate of drug-likeness (QED) is 0.274. The number of thioether (sulfide) groups is 4. The van der Waals surface area contributed by atoms with Gasteiger partial charge < -0.3 is 0 Å². The molecule has 2 aliphatic heterocycles. The average molecular weight is 497 g/mol. The van der Waals surface area contributed by atoms with E-state index >= 15 is 0 Å². The van der Waals surface area contributed by atoms with Gasteiger partial charge in [0.1, 0.15) is 22.1 Å². The lowest BCUT2D eigenvalue weighted by molar-refractivity contribution is 1.27. The van der Waals surface area contributed by atoms with Crippen LogP contribution < -0.4 is 10.4 Å². The zero-order chi connectivity index (χ0) is 19.7. The maximum atomic E-state index is 4.73. The third-order valence-corrected chi connectivity index (χ3v) is 11.0. The van der Waals surface area contributed by atoms with Crippen LogP contribution in [0.25, 0.3) is 30.5 Å². The summed E-state index contributed by atoms with van der Waals surface area (Å²) in [4.78, 5) is 5.11. The molecule has 144 valence electrons. The summed E-state index contributed by atoms with van der Waals surface area (Å²) in [5, 5.41) is 2.15. The average Bonchev–Trinajstić information content (AvgIpc) is 3.56. The van der Waals surface area contributed by atoms with Crippen LogP contribution in [-0.2, 0) is 0 Å². The van der Waals surface area contributed by atoms with E-state index in [-0.39, 0.29) is 0 Å². The Balaban J connectivity index is 1.58. The van der Waals surface area contributed by atoms with Gasteiger partial charge in [-0.05, 0) is 24.3 Å². The SMILES string of the molecule is c1ccc2c(c1)SC(=c1c3nsnc3c(=C3Sc4ccccc4S3)c3nsnc13)S2. The highest BCUT2D eigenvalue weighted by Crippen LogP contribution is 2.53. The summed E-state index contributed by atoms with van der Waals surface area (Å²) in [5.41, 5.74) is 3.73. The Labute approximate surface area is 195 Å². The molecule has 0 saturated heterocycles. The topological polar surface area (TPSA) is 51.6 Å². The van der Waals surface area contributed by atoms with Gasteiger partial charge in [-0.3, -0.25) is 0 Å². The van der Waals surface area contributed by atoms with Gasteiger partial charge in [0.25, 0.3) is 0 Å². The Morgan fingerprint density at radius 2 is 0.733 bits per heavy atom. The maximum Gasteiger partial charge on any atom is 0.116 e. The van der Waals surface area contributed by atoms with Crippen molar-refractivity contribution in [3.05, 3.63) is 59.0 Å². The van der Waals surface area contributed by atoms with Crippen molar-refractivity contribution in [3.63, 3.8) is 0 Å². The summed E-state index contributed by atoms with van der Waals surface area (Å²) in [7, 11) is 0. The first-order chi connectivity index (χ1) is 14.9. The molecular formula is C20H8N4S6. The van der Waals surface area contributed by atoms with Crippen LogP contribution in [-0.4, -0.2) is 17.5 Å². The van der Waals surface area contributed by atoms with Crippen LogP contribution in [0.4, 0.5) is 0 Å². The normalized spacial score (nSPS) is 15.3. The van der Waals surface area contributed by atoms with E-state index in [1.807, 2.05) is 0 Å². The Hall–Kier alpha value is -1.56. The molecule has 30 heavy (non-hydrogen) atoms. The molecule has 0 radical (unpaired) electrons. The Morgan fingerprint density at radius 1 is 0.433 bits per heavy atom. The number of rotatable bonds is 0. The lowest BCUT2D eigenvalue weighted by Crippen LogP contribution is -2.16. The summed E-state index contributed by atoms with van der Waals surface area (Å²) >= 11 is 9.69. The van der Waals surface area contributed by atoms with E-state index in [2.05, 4.69) is 48.5 Å². The van der Waals surface area contributed by atoms with Gasteiger partial charge in [-0.25, -0.2) is 0 Å². The van der Waals surface area contributed by atoms with Crippen LogP contribution >= 0.6 is 70.5 Å².